The monoisotopic (exact) mass is 431 g/mol. The topological polar surface area (TPSA) is 67.6 Å². The number of rotatable bonds is 5. The highest BCUT2D eigenvalue weighted by Gasteiger charge is 2.47. The second-order valence-corrected chi connectivity index (χ2v) is 8.66. The standard InChI is InChI=1S/C23H27ClFN3O2/c1-30-21-13-20(26)19(24)12-18(21)22(29)27-23-10-2-4-17(5-3-11-23)28(23)14-15-6-8-16(25)9-7-15/h6-9,12-13,17H,2-5,10-11,14,26H2,1H3,(H,27,29). The number of benzene rings is 2. The Morgan fingerprint density at radius 3 is 2.57 bits per heavy atom. The van der Waals surface area contributed by atoms with Gasteiger partial charge in [0, 0.05) is 18.7 Å². The molecule has 160 valence electrons. The van der Waals surface area contributed by atoms with Crippen LogP contribution in [0.25, 0.3) is 0 Å². The molecule has 2 fully saturated rings. The second-order valence-electron chi connectivity index (χ2n) is 8.25. The smallest absolute Gasteiger partial charge is 0.256 e. The molecule has 2 aromatic rings. The number of carbonyl (C=O) groups excluding carboxylic acids is 1. The number of methoxy groups -OCH3 is 1. The summed E-state index contributed by atoms with van der Waals surface area (Å²) in [6, 6.07) is 10.2. The van der Waals surface area contributed by atoms with Gasteiger partial charge in [-0.1, -0.05) is 23.7 Å². The first-order chi connectivity index (χ1) is 14.4. The Balaban J connectivity index is 1.63. The fraction of sp³-hybridized carbons (Fsp3) is 0.435. The van der Waals surface area contributed by atoms with E-state index in [1.807, 2.05) is 12.1 Å². The van der Waals surface area contributed by atoms with Gasteiger partial charge in [0.15, 0.2) is 0 Å². The zero-order valence-electron chi connectivity index (χ0n) is 17.1. The van der Waals surface area contributed by atoms with Crippen molar-refractivity contribution < 1.29 is 13.9 Å². The average Bonchev–Trinajstić information content (AvgIpc) is 2.72. The Bertz CT molecular complexity index is 925. The molecule has 0 unspecified atom stereocenters. The molecule has 4 rings (SSSR count). The largest absolute Gasteiger partial charge is 0.496 e. The molecule has 2 aromatic carbocycles. The molecular weight excluding hydrogens is 405 g/mol. The number of nitrogen functional groups attached to an aromatic ring is 1. The van der Waals surface area contributed by atoms with Crippen LogP contribution in [0.15, 0.2) is 36.4 Å². The highest BCUT2D eigenvalue weighted by atomic mass is 35.5. The van der Waals surface area contributed by atoms with Gasteiger partial charge in [0.05, 0.1) is 29.0 Å². The maximum atomic E-state index is 13.4. The number of halogens is 2. The van der Waals surface area contributed by atoms with Crippen LogP contribution in [0.1, 0.15) is 54.4 Å². The van der Waals surface area contributed by atoms with Crippen molar-refractivity contribution in [3.05, 3.63) is 58.4 Å². The number of fused-ring (bicyclic) bond motifs is 2. The van der Waals surface area contributed by atoms with E-state index in [1.165, 1.54) is 19.2 Å². The summed E-state index contributed by atoms with van der Waals surface area (Å²) >= 11 is 6.18. The van der Waals surface area contributed by atoms with E-state index in [0.717, 1.165) is 44.1 Å². The van der Waals surface area contributed by atoms with Crippen LogP contribution in [0, 0.1) is 5.82 Å². The molecule has 0 radical (unpaired) electrons. The van der Waals surface area contributed by atoms with E-state index < -0.39 is 5.66 Å². The number of hydrogen-bond donors (Lipinski definition) is 2. The summed E-state index contributed by atoms with van der Waals surface area (Å²) in [6.45, 7) is 0.671. The first-order valence-electron chi connectivity index (χ1n) is 10.4. The number of ether oxygens (including phenoxy) is 1. The van der Waals surface area contributed by atoms with Gasteiger partial charge in [0.1, 0.15) is 11.6 Å². The Hall–Kier alpha value is -2.31. The van der Waals surface area contributed by atoms with Crippen LogP contribution >= 0.6 is 11.6 Å². The highest BCUT2D eigenvalue weighted by molar-refractivity contribution is 6.33. The fourth-order valence-electron chi connectivity index (χ4n) is 4.94. The molecule has 0 aromatic heterocycles. The molecule has 30 heavy (non-hydrogen) atoms. The summed E-state index contributed by atoms with van der Waals surface area (Å²) in [5.74, 6) is -0.0626. The minimum absolute atomic E-state index is 0.222. The van der Waals surface area contributed by atoms with Crippen molar-refractivity contribution in [1.82, 2.24) is 10.2 Å². The molecule has 2 bridgehead atoms. The number of carbonyl (C=O) groups is 1. The van der Waals surface area contributed by atoms with Gasteiger partial charge < -0.3 is 15.8 Å². The highest BCUT2D eigenvalue weighted by Crippen LogP contribution is 2.42. The van der Waals surface area contributed by atoms with Crippen LogP contribution in [-0.4, -0.2) is 29.6 Å². The van der Waals surface area contributed by atoms with Crippen LogP contribution in [0.5, 0.6) is 5.75 Å². The minimum atomic E-state index is -0.439. The van der Waals surface area contributed by atoms with E-state index in [0.29, 0.717) is 34.6 Å². The number of amides is 1. The summed E-state index contributed by atoms with van der Waals surface area (Å²) in [5.41, 5.74) is 7.22. The fourth-order valence-corrected chi connectivity index (χ4v) is 5.10. The van der Waals surface area contributed by atoms with Crippen molar-refractivity contribution in [2.45, 2.75) is 56.8 Å². The summed E-state index contributed by atoms with van der Waals surface area (Å²) in [5, 5.41) is 3.64. The summed E-state index contributed by atoms with van der Waals surface area (Å²) < 4.78 is 18.7. The first kappa shape index (κ1) is 20.9. The van der Waals surface area contributed by atoms with Gasteiger partial charge >= 0.3 is 0 Å². The van der Waals surface area contributed by atoms with Gasteiger partial charge in [0.25, 0.3) is 5.91 Å². The maximum absolute atomic E-state index is 13.4. The third-order valence-corrected chi connectivity index (χ3v) is 6.75. The van der Waals surface area contributed by atoms with Crippen LogP contribution in [0.3, 0.4) is 0 Å². The molecule has 5 nitrogen and oxygen atoms in total. The molecule has 3 N–H and O–H groups in total. The molecule has 0 aliphatic carbocycles. The van der Waals surface area contributed by atoms with E-state index in [4.69, 9.17) is 22.1 Å². The lowest BCUT2D eigenvalue weighted by Crippen LogP contribution is -2.67. The lowest BCUT2D eigenvalue weighted by atomic mass is 9.79. The molecule has 2 heterocycles. The van der Waals surface area contributed by atoms with Crippen molar-refractivity contribution in [3.8, 4) is 5.75 Å². The summed E-state index contributed by atoms with van der Waals surface area (Å²) in [7, 11) is 1.51. The van der Waals surface area contributed by atoms with Crippen molar-refractivity contribution in [3.63, 3.8) is 0 Å². The zero-order valence-corrected chi connectivity index (χ0v) is 17.8. The van der Waals surface area contributed by atoms with Gasteiger partial charge in [-0.05, 0) is 62.3 Å². The number of piperidine rings is 2. The number of nitrogens with zero attached hydrogens (tertiary/aromatic N) is 1. The predicted molar refractivity (Wildman–Crippen MR) is 116 cm³/mol. The maximum Gasteiger partial charge on any atom is 0.256 e. The van der Waals surface area contributed by atoms with Crippen molar-refractivity contribution in [2.75, 3.05) is 12.8 Å². The van der Waals surface area contributed by atoms with Crippen LogP contribution in [-0.2, 0) is 6.54 Å². The van der Waals surface area contributed by atoms with Crippen molar-refractivity contribution in [2.24, 2.45) is 0 Å². The SMILES string of the molecule is COc1cc(N)c(Cl)cc1C(=O)NC12CCCC(CCC1)N2Cc1ccc(F)cc1. The van der Waals surface area contributed by atoms with Gasteiger partial charge in [-0.25, -0.2) is 4.39 Å². The number of anilines is 1. The lowest BCUT2D eigenvalue weighted by molar-refractivity contribution is -0.0623. The van der Waals surface area contributed by atoms with Crippen molar-refractivity contribution >= 4 is 23.2 Å². The Morgan fingerprint density at radius 1 is 1.27 bits per heavy atom. The average molecular weight is 432 g/mol. The number of nitrogens with two attached hydrogens (primary N) is 1. The predicted octanol–water partition coefficient (Wildman–Crippen LogP) is 4.73. The third-order valence-electron chi connectivity index (χ3n) is 6.42. The van der Waals surface area contributed by atoms with Gasteiger partial charge in [-0.2, -0.15) is 0 Å². The summed E-state index contributed by atoms with van der Waals surface area (Å²) in [6.07, 6.45) is 6.09. The molecule has 2 aliphatic heterocycles. The zero-order chi connectivity index (χ0) is 21.3. The van der Waals surface area contributed by atoms with Gasteiger partial charge in [-0.3, -0.25) is 9.69 Å². The first-order valence-corrected chi connectivity index (χ1v) is 10.8. The second kappa shape index (κ2) is 8.44. The van der Waals surface area contributed by atoms with Crippen LogP contribution in [0.2, 0.25) is 5.02 Å². The van der Waals surface area contributed by atoms with E-state index in [9.17, 15) is 9.18 Å². The number of nitrogens with one attached hydrogen (secondary N) is 1. The molecule has 0 spiro atoms. The Kier molecular flexibility index (Phi) is 5.89. The summed E-state index contributed by atoms with van der Waals surface area (Å²) in [4.78, 5) is 15.7. The molecule has 0 atom stereocenters. The molecule has 2 aliphatic rings. The Labute approximate surface area is 181 Å². The quantitative estimate of drug-likeness (QED) is 0.671. The lowest BCUT2D eigenvalue weighted by Gasteiger charge is -2.55. The molecular formula is C23H27ClFN3O2. The van der Waals surface area contributed by atoms with Crippen LogP contribution in [0.4, 0.5) is 10.1 Å². The van der Waals surface area contributed by atoms with Gasteiger partial charge in [0.2, 0.25) is 0 Å². The normalized spacial score (nSPS) is 23.8. The van der Waals surface area contributed by atoms with Crippen molar-refractivity contribution in [1.29, 1.82) is 0 Å². The molecule has 1 amide bonds. The molecule has 2 saturated heterocycles. The Morgan fingerprint density at radius 2 is 1.93 bits per heavy atom. The van der Waals surface area contributed by atoms with E-state index in [1.54, 1.807) is 12.1 Å². The number of hydrogen-bond acceptors (Lipinski definition) is 4. The third kappa shape index (κ3) is 3.98. The minimum Gasteiger partial charge on any atom is -0.496 e. The van der Waals surface area contributed by atoms with Crippen LogP contribution < -0.4 is 15.8 Å². The molecule has 7 heteroatoms. The van der Waals surface area contributed by atoms with E-state index in [-0.39, 0.29) is 11.7 Å². The van der Waals surface area contributed by atoms with Gasteiger partial charge in [-0.15, -0.1) is 0 Å². The molecule has 0 saturated carbocycles. The van der Waals surface area contributed by atoms with E-state index in [2.05, 4.69) is 10.2 Å². The van der Waals surface area contributed by atoms with E-state index >= 15 is 0 Å².